The second kappa shape index (κ2) is 5.08. The molecule has 3 saturated carbocycles. The van der Waals surface area contributed by atoms with Gasteiger partial charge in [-0.1, -0.05) is 6.92 Å². The van der Waals surface area contributed by atoms with E-state index in [1.54, 1.807) is 0 Å². The zero-order valence-electron chi connectivity index (χ0n) is 12.9. The Hall–Kier alpha value is -0.900. The number of carboxylic acid groups (broad SMARTS) is 1. The summed E-state index contributed by atoms with van der Waals surface area (Å²) in [6.45, 7) is 3.71. The van der Waals surface area contributed by atoms with Crippen molar-refractivity contribution in [1.29, 1.82) is 0 Å². The van der Waals surface area contributed by atoms with Crippen LogP contribution < -0.4 is 0 Å². The van der Waals surface area contributed by atoms with Crippen LogP contribution in [0.15, 0.2) is 0 Å². The topological polar surface area (TPSA) is 74.6 Å². The van der Waals surface area contributed by atoms with Gasteiger partial charge in [-0.25, -0.2) is 0 Å². The molecule has 1 unspecified atom stereocenters. The number of Topliss-reactive ketones (excluding diaryl/α,β-unsaturated/α-hetero) is 1. The molecule has 0 bridgehead atoms. The number of aliphatic carboxylic acids is 1. The van der Waals surface area contributed by atoms with Crippen LogP contribution in [0, 0.1) is 35.0 Å². The Morgan fingerprint density at radius 1 is 1.05 bits per heavy atom. The van der Waals surface area contributed by atoms with E-state index in [1.807, 2.05) is 0 Å². The number of hydrogen-bond acceptors (Lipinski definition) is 3. The molecule has 2 N–H and O–H groups in total. The average Bonchev–Trinajstić information content (AvgIpc) is 2.73. The molecule has 0 aromatic heterocycles. The minimum atomic E-state index is -0.799. The lowest BCUT2D eigenvalue weighted by molar-refractivity contribution is -0.158. The number of hydrogen-bond donors (Lipinski definition) is 2. The van der Waals surface area contributed by atoms with Crippen molar-refractivity contribution in [3.05, 3.63) is 0 Å². The normalized spacial score (nSPS) is 49.3. The third-order valence-electron chi connectivity index (χ3n) is 6.96. The van der Waals surface area contributed by atoms with Crippen molar-refractivity contribution in [2.75, 3.05) is 0 Å². The molecule has 3 rings (SSSR count). The van der Waals surface area contributed by atoms with Gasteiger partial charge in [0.15, 0.2) is 0 Å². The highest BCUT2D eigenvalue weighted by Crippen LogP contribution is 2.60. The number of carboxylic acids is 1. The lowest BCUT2D eigenvalue weighted by Gasteiger charge is -2.52. The molecule has 0 spiro atoms. The lowest BCUT2D eigenvalue weighted by Crippen LogP contribution is -2.51. The molecule has 4 nitrogen and oxygen atoms in total. The maximum absolute atomic E-state index is 11.8. The van der Waals surface area contributed by atoms with Crippen molar-refractivity contribution in [2.45, 2.75) is 58.5 Å². The molecule has 7 atom stereocenters. The van der Waals surface area contributed by atoms with Crippen LogP contribution in [0.3, 0.4) is 0 Å². The Bertz CT molecular complexity index is 460. The van der Waals surface area contributed by atoms with Gasteiger partial charge >= 0.3 is 5.97 Å². The van der Waals surface area contributed by atoms with Gasteiger partial charge < -0.3 is 10.2 Å². The molecule has 0 radical (unpaired) electrons. The van der Waals surface area contributed by atoms with Crippen molar-refractivity contribution in [3.63, 3.8) is 0 Å². The summed E-state index contributed by atoms with van der Waals surface area (Å²) in [7, 11) is 0. The van der Waals surface area contributed by atoms with Gasteiger partial charge in [0.25, 0.3) is 0 Å². The zero-order valence-corrected chi connectivity index (χ0v) is 12.9. The number of carbonyl (C=O) groups is 2. The minimum Gasteiger partial charge on any atom is -0.481 e. The SMILES string of the molecule is CC(=O)C1CC[C@@H]2[C@H](CC[C@]3(C)[C@@H](O)CC[C@@H]23)[C@H]1C(=O)O. The summed E-state index contributed by atoms with van der Waals surface area (Å²) in [5.74, 6) is -0.664. The predicted molar refractivity (Wildman–Crippen MR) is 77.6 cm³/mol. The van der Waals surface area contributed by atoms with E-state index in [2.05, 4.69) is 6.92 Å². The molecule has 3 aliphatic carbocycles. The van der Waals surface area contributed by atoms with Gasteiger partial charge in [-0.05, 0) is 68.6 Å². The third-order valence-corrected chi connectivity index (χ3v) is 6.96. The monoisotopic (exact) mass is 294 g/mol. The van der Waals surface area contributed by atoms with E-state index in [9.17, 15) is 19.8 Å². The summed E-state index contributed by atoms with van der Waals surface area (Å²) < 4.78 is 0. The second-order valence-electron chi connectivity index (χ2n) is 7.73. The van der Waals surface area contributed by atoms with Crippen LogP contribution in [0.5, 0.6) is 0 Å². The highest BCUT2D eigenvalue weighted by atomic mass is 16.4. The van der Waals surface area contributed by atoms with Gasteiger partial charge in [-0.15, -0.1) is 0 Å². The van der Waals surface area contributed by atoms with E-state index in [0.717, 1.165) is 32.1 Å². The van der Waals surface area contributed by atoms with Gasteiger partial charge in [-0.3, -0.25) is 9.59 Å². The maximum atomic E-state index is 11.8. The minimum absolute atomic E-state index is 0.0284. The van der Waals surface area contributed by atoms with Gasteiger partial charge in [0.2, 0.25) is 0 Å². The Balaban J connectivity index is 1.90. The van der Waals surface area contributed by atoms with Crippen molar-refractivity contribution in [3.8, 4) is 0 Å². The van der Waals surface area contributed by atoms with Crippen LogP contribution in [0.25, 0.3) is 0 Å². The van der Waals surface area contributed by atoms with E-state index < -0.39 is 11.9 Å². The number of aliphatic hydroxyl groups excluding tert-OH is 1. The molecule has 3 aliphatic rings. The molecular weight excluding hydrogens is 268 g/mol. The summed E-state index contributed by atoms with van der Waals surface area (Å²) in [6, 6.07) is 0. The quantitative estimate of drug-likeness (QED) is 0.820. The van der Waals surface area contributed by atoms with Gasteiger partial charge in [0.1, 0.15) is 5.78 Å². The standard InChI is InChI=1S/C17H26O4/c1-9(18)10-3-4-11-12(15(10)16(20)21)7-8-17(2)13(11)5-6-14(17)19/h10-15,19H,3-8H2,1-2H3,(H,20,21)/t10?,11-,12+,13+,14+,15+,17+/m1/s1. The van der Waals surface area contributed by atoms with Crippen molar-refractivity contribution >= 4 is 11.8 Å². The van der Waals surface area contributed by atoms with E-state index in [1.165, 1.54) is 6.92 Å². The fraction of sp³-hybridized carbons (Fsp3) is 0.882. The zero-order chi connectivity index (χ0) is 15.4. The number of rotatable bonds is 2. The first-order valence-corrected chi connectivity index (χ1v) is 8.27. The van der Waals surface area contributed by atoms with Crippen molar-refractivity contribution < 1.29 is 19.8 Å². The number of ketones is 1. The number of fused-ring (bicyclic) bond motifs is 3. The van der Waals surface area contributed by atoms with Gasteiger partial charge in [-0.2, -0.15) is 0 Å². The van der Waals surface area contributed by atoms with Gasteiger partial charge in [0.05, 0.1) is 12.0 Å². The van der Waals surface area contributed by atoms with Crippen molar-refractivity contribution in [2.24, 2.45) is 35.0 Å². The van der Waals surface area contributed by atoms with Crippen LogP contribution in [0.4, 0.5) is 0 Å². The Morgan fingerprint density at radius 2 is 1.76 bits per heavy atom. The summed E-state index contributed by atoms with van der Waals surface area (Å²) in [6.07, 6.45) is 5.01. The highest BCUT2D eigenvalue weighted by Gasteiger charge is 2.58. The molecule has 0 aliphatic heterocycles. The molecular formula is C17H26O4. The predicted octanol–water partition coefficient (Wildman–Crippen LogP) is 2.49. The second-order valence-corrected chi connectivity index (χ2v) is 7.73. The molecule has 21 heavy (non-hydrogen) atoms. The van der Waals surface area contributed by atoms with Gasteiger partial charge in [0, 0.05) is 5.92 Å². The fourth-order valence-electron chi connectivity index (χ4n) is 5.81. The van der Waals surface area contributed by atoms with E-state index >= 15 is 0 Å². The van der Waals surface area contributed by atoms with Crippen LogP contribution in [-0.4, -0.2) is 28.1 Å². The highest BCUT2D eigenvalue weighted by molar-refractivity contribution is 5.85. The number of aliphatic hydroxyl groups is 1. The summed E-state index contributed by atoms with van der Waals surface area (Å²) in [5.41, 5.74) is -0.0344. The van der Waals surface area contributed by atoms with E-state index in [4.69, 9.17) is 0 Å². The first-order valence-electron chi connectivity index (χ1n) is 8.27. The molecule has 0 amide bonds. The van der Waals surface area contributed by atoms with Crippen LogP contribution in [-0.2, 0) is 9.59 Å². The molecule has 0 aromatic carbocycles. The first kappa shape index (κ1) is 15.0. The fourth-order valence-corrected chi connectivity index (χ4v) is 5.81. The largest absolute Gasteiger partial charge is 0.481 e. The van der Waals surface area contributed by atoms with Crippen molar-refractivity contribution in [1.82, 2.24) is 0 Å². The third kappa shape index (κ3) is 2.14. The molecule has 4 heteroatoms. The molecule has 0 heterocycles. The van der Waals surface area contributed by atoms with Crippen LogP contribution in [0.2, 0.25) is 0 Å². The smallest absolute Gasteiger partial charge is 0.307 e. The van der Waals surface area contributed by atoms with Crippen LogP contribution >= 0.6 is 0 Å². The Kier molecular flexibility index (Phi) is 3.63. The first-order chi connectivity index (χ1) is 9.86. The summed E-state index contributed by atoms with van der Waals surface area (Å²) in [5, 5.41) is 20.0. The summed E-state index contributed by atoms with van der Waals surface area (Å²) >= 11 is 0. The molecule has 0 aromatic rings. The lowest BCUT2D eigenvalue weighted by atomic mass is 9.52. The molecule has 0 saturated heterocycles. The van der Waals surface area contributed by atoms with Crippen LogP contribution in [0.1, 0.15) is 52.4 Å². The average molecular weight is 294 g/mol. The Labute approximate surface area is 125 Å². The molecule has 118 valence electrons. The molecule has 3 fully saturated rings. The summed E-state index contributed by atoms with van der Waals surface area (Å²) in [4.78, 5) is 23.6. The Morgan fingerprint density at radius 3 is 2.38 bits per heavy atom. The van der Waals surface area contributed by atoms with E-state index in [0.29, 0.717) is 18.3 Å². The van der Waals surface area contributed by atoms with E-state index in [-0.39, 0.29) is 29.1 Å². The number of carbonyl (C=O) groups excluding carboxylic acids is 1. The maximum Gasteiger partial charge on any atom is 0.307 e.